The predicted molar refractivity (Wildman–Crippen MR) is 86.9 cm³/mol. The molecule has 0 aliphatic rings. The standard InChI is InChI=1S/C19H17OS/c1-16-10-8-9-15-19(16)21(20,17-11-4-2-5-12-17)18-13-6-3-7-14-18/h2-15H,1H3/q+1. The molecule has 3 rings (SSSR count). The zero-order valence-electron chi connectivity index (χ0n) is 11.9. The molecular formula is C19H17OS+. The van der Waals surface area contributed by atoms with Crippen LogP contribution >= 0.6 is 0 Å². The maximum Gasteiger partial charge on any atom is 0.182 e. The van der Waals surface area contributed by atoms with Crippen LogP contribution in [0.1, 0.15) is 5.56 Å². The van der Waals surface area contributed by atoms with Gasteiger partial charge in [-0.05, 0) is 37.3 Å². The van der Waals surface area contributed by atoms with Gasteiger partial charge in [0.1, 0.15) is 0 Å². The van der Waals surface area contributed by atoms with Crippen molar-refractivity contribution in [1.29, 1.82) is 0 Å². The molecule has 0 spiro atoms. The fraction of sp³-hybridized carbons (Fsp3) is 0.0526. The first-order chi connectivity index (χ1) is 10.2. The summed E-state index contributed by atoms with van der Waals surface area (Å²) in [5, 5.41) is 0. The van der Waals surface area contributed by atoms with Crippen molar-refractivity contribution < 1.29 is 4.21 Å². The van der Waals surface area contributed by atoms with Crippen LogP contribution < -0.4 is 0 Å². The summed E-state index contributed by atoms with van der Waals surface area (Å²) in [4.78, 5) is 2.60. The third-order valence-corrected chi connectivity index (χ3v) is 6.50. The van der Waals surface area contributed by atoms with Gasteiger partial charge in [-0.1, -0.05) is 58.8 Å². The first-order valence-electron chi connectivity index (χ1n) is 6.93. The van der Waals surface area contributed by atoms with Crippen molar-refractivity contribution in [3.8, 4) is 0 Å². The van der Waals surface area contributed by atoms with Gasteiger partial charge in [0.25, 0.3) is 0 Å². The van der Waals surface area contributed by atoms with Crippen LogP contribution in [-0.4, -0.2) is 0 Å². The minimum atomic E-state index is -2.46. The van der Waals surface area contributed by atoms with Gasteiger partial charge >= 0.3 is 0 Å². The molecule has 0 atom stereocenters. The Labute approximate surface area is 126 Å². The van der Waals surface area contributed by atoms with Crippen molar-refractivity contribution in [1.82, 2.24) is 0 Å². The molecule has 0 saturated carbocycles. The van der Waals surface area contributed by atoms with Crippen LogP contribution in [-0.2, 0) is 14.1 Å². The molecule has 0 bridgehead atoms. The molecule has 1 nitrogen and oxygen atoms in total. The molecule has 0 aliphatic carbocycles. The van der Waals surface area contributed by atoms with Crippen molar-refractivity contribution in [2.45, 2.75) is 21.6 Å². The van der Waals surface area contributed by atoms with E-state index in [1.54, 1.807) is 0 Å². The number of benzene rings is 3. The Kier molecular flexibility index (Phi) is 3.72. The molecule has 3 aromatic carbocycles. The van der Waals surface area contributed by atoms with E-state index in [4.69, 9.17) is 0 Å². The van der Waals surface area contributed by atoms with Crippen LogP contribution in [0.15, 0.2) is 99.6 Å². The van der Waals surface area contributed by atoms with Crippen LogP contribution in [0.4, 0.5) is 0 Å². The number of aryl methyl sites for hydroxylation is 1. The van der Waals surface area contributed by atoms with Gasteiger partial charge in [0.2, 0.25) is 0 Å². The van der Waals surface area contributed by atoms with Gasteiger partial charge in [-0.3, -0.25) is 0 Å². The van der Waals surface area contributed by atoms with Gasteiger partial charge in [-0.15, -0.1) is 0 Å². The van der Waals surface area contributed by atoms with E-state index in [9.17, 15) is 4.21 Å². The summed E-state index contributed by atoms with van der Waals surface area (Å²) in [5.41, 5.74) is 1.05. The second-order valence-electron chi connectivity index (χ2n) is 4.95. The molecule has 0 heterocycles. The second-order valence-corrected chi connectivity index (χ2v) is 7.44. The molecule has 104 valence electrons. The summed E-state index contributed by atoms with van der Waals surface area (Å²) in [6, 6.07) is 27.4. The van der Waals surface area contributed by atoms with Crippen LogP contribution in [0.5, 0.6) is 0 Å². The summed E-state index contributed by atoms with van der Waals surface area (Å²) in [7, 11) is -2.46. The Morgan fingerprint density at radius 2 is 1.05 bits per heavy atom. The van der Waals surface area contributed by atoms with Crippen molar-refractivity contribution in [3.05, 3.63) is 90.5 Å². The Balaban J connectivity index is 2.32. The lowest BCUT2D eigenvalue weighted by atomic mass is 10.2. The first-order valence-corrected chi connectivity index (χ1v) is 8.49. The largest absolute Gasteiger partial charge is 0.182 e. The highest BCUT2D eigenvalue weighted by Gasteiger charge is 2.38. The Hall–Kier alpha value is -2.19. The van der Waals surface area contributed by atoms with E-state index in [1.165, 1.54) is 0 Å². The van der Waals surface area contributed by atoms with Crippen LogP contribution in [0.3, 0.4) is 0 Å². The van der Waals surface area contributed by atoms with E-state index in [2.05, 4.69) is 0 Å². The van der Waals surface area contributed by atoms with E-state index in [0.717, 1.165) is 20.2 Å². The van der Waals surface area contributed by atoms with Crippen molar-refractivity contribution in [3.63, 3.8) is 0 Å². The molecule has 0 saturated heterocycles. The molecule has 3 aromatic rings. The van der Waals surface area contributed by atoms with E-state index in [0.29, 0.717) is 0 Å². The molecule has 0 fully saturated rings. The van der Waals surface area contributed by atoms with E-state index in [-0.39, 0.29) is 0 Å². The van der Waals surface area contributed by atoms with Gasteiger partial charge in [0, 0.05) is 5.56 Å². The topological polar surface area (TPSA) is 17.1 Å². The minimum Gasteiger partial charge on any atom is -0.0875 e. The average molecular weight is 293 g/mol. The quantitative estimate of drug-likeness (QED) is 0.623. The molecule has 0 unspecified atom stereocenters. The van der Waals surface area contributed by atoms with Crippen molar-refractivity contribution in [2.24, 2.45) is 0 Å². The molecule has 0 aromatic heterocycles. The Bertz CT molecular complexity index is 735. The smallest absolute Gasteiger partial charge is 0.0875 e. The lowest BCUT2D eigenvalue weighted by Gasteiger charge is -2.13. The van der Waals surface area contributed by atoms with Crippen LogP contribution in [0, 0.1) is 6.92 Å². The first kappa shape index (κ1) is 13.8. The molecule has 0 amide bonds. The van der Waals surface area contributed by atoms with Gasteiger partial charge in [0.15, 0.2) is 24.6 Å². The maximum atomic E-state index is 14.0. The highest BCUT2D eigenvalue weighted by atomic mass is 32.2. The molecule has 2 heteroatoms. The van der Waals surface area contributed by atoms with Gasteiger partial charge < -0.3 is 0 Å². The molecule has 0 radical (unpaired) electrons. The Morgan fingerprint density at radius 3 is 1.52 bits per heavy atom. The van der Waals surface area contributed by atoms with E-state index < -0.39 is 9.93 Å². The number of hydrogen-bond acceptors (Lipinski definition) is 1. The zero-order chi connectivity index (χ0) is 14.7. The molecule has 0 N–H and O–H groups in total. The second kappa shape index (κ2) is 5.66. The summed E-state index contributed by atoms with van der Waals surface area (Å²) >= 11 is 0. The van der Waals surface area contributed by atoms with Gasteiger partial charge in [0.05, 0.1) is 0 Å². The summed E-state index contributed by atoms with van der Waals surface area (Å²) in [5.74, 6) is 0. The van der Waals surface area contributed by atoms with Crippen molar-refractivity contribution >= 4 is 9.93 Å². The summed E-state index contributed by atoms with van der Waals surface area (Å²) in [6.45, 7) is 2.01. The fourth-order valence-electron chi connectivity index (χ4n) is 2.49. The summed E-state index contributed by atoms with van der Waals surface area (Å²) < 4.78 is 14.0. The third-order valence-electron chi connectivity index (χ3n) is 3.55. The lowest BCUT2D eigenvalue weighted by Crippen LogP contribution is -2.14. The predicted octanol–water partition coefficient (Wildman–Crippen LogP) is 4.97. The average Bonchev–Trinajstić information content (AvgIpc) is 2.56. The van der Waals surface area contributed by atoms with Gasteiger partial charge in [-0.25, -0.2) is 0 Å². The third kappa shape index (κ3) is 2.43. The van der Waals surface area contributed by atoms with E-state index in [1.807, 2.05) is 91.9 Å². The maximum absolute atomic E-state index is 14.0. The Morgan fingerprint density at radius 1 is 0.619 bits per heavy atom. The number of rotatable bonds is 3. The van der Waals surface area contributed by atoms with E-state index >= 15 is 0 Å². The zero-order valence-corrected chi connectivity index (χ0v) is 12.7. The van der Waals surface area contributed by atoms with Gasteiger partial charge in [-0.2, -0.15) is 0 Å². The highest BCUT2D eigenvalue weighted by Crippen LogP contribution is 2.37. The number of hydrogen-bond donors (Lipinski definition) is 0. The minimum absolute atomic E-state index is 0.852. The molecule has 0 aliphatic heterocycles. The van der Waals surface area contributed by atoms with Crippen LogP contribution in [0.25, 0.3) is 0 Å². The fourth-order valence-corrected chi connectivity index (χ4v) is 5.15. The highest BCUT2D eigenvalue weighted by molar-refractivity contribution is 8.03. The lowest BCUT2D eigenvalue weighted by molar-refractivity contribution is 0.583. The van der Waals surface area contributed by atoms with Crippen LogP contribution in [0.2, 0.25) is 0 Å². The normalized spacial score (nSPS) is 11.3. The molecular weight excluding hydrogens is 276 g/mol. The molecule has 21 heavy (non-hydrogen) atoms. The SMILES string of the molecule is Cc1ccccc1[S+](=O)(c1ccccc1)c1ccccc1. The summed E-state index contributed by atoms with van der Waals surface area (Å²) in [6.07, 6.45) is 0. The van der Waals surface area contributed by atoms with Crippen molar-refractivity contribution in [2.75, 3.05) is 0 Å². The monoisotopic (exact) mass is 293 g/mol.